The third-order valence-electron chi connectivity index (χ3n) is 3.44. The van der Waals surface area contributed by atoms with Gasteiger partial charge in [0.25, 0.3) is 0 Å². The molecule has 6 heteroatoms. The van der Waals surface area contributed by atoms with Gasteiger partial charge in [-0.2, -0.15) is 0 Å². The summed E-state index contributed by atoms with van der Waals surface area (Å²) in [5.41, 5.74) is 0.674. The van der Waals surface area contributed by atoms with Crippen molar-refractivity contribution in [1.82, 2.24) is 10.6 Å². The Kier molecular flexibility index (Phi) is 5.15. The molecule has 0 bridgehead atoms. The monoisotopic (exact) mass is 312 g/mol. The molecule has 0 saturated heterocycles. The van der Waals surface area contributed by atoms with Crippen LogP contribution in [0.1, 0.15) is 23.2 Å². The van der Waals surface area contributed by atoms with Gasteiger partial charge in [0.05, 0.1) is 12.1 Å². The van der Waals surface area contributed by atoms with Crippen molar-refractivity contribution in [2.75, 3.05) is 14.1 Å². The minimum Gasteiger partial charge on any atom is -0.311 e. The Bertz CT molecular complexity index is 563. The molecule has 0 aliphatic carbocycles. The van der Waals surface area contributed by atoms with E-state index in [0.29, 0.717) is 11.1 Å². The van der Waals surface area contributed by atoms with E-state index >= 15 is 0 Å². The van der Waals surface area contributed by atoms with Crippen LogP contribution in [0.5, 0.6) is 0 Å². The fourth-order valence-corrected chi connectivity index (χ4v) is 2.56. The van der Waals surface area contributed by atoms with Gasteiger partial charge in [-0.05, 0) is 49.5 Å². The normalized spacial score (nSPS) is 13.9. The van der Waals surface area contributed by atoms with Crippen molar-refractivity contribution in [1.29, 1.82) is 0 Å². The molecule has 0 unspecified atom stereocenters. The molecule has 0 aliphatic rings. The van der Waals surface area contributed by atoms with E-state index in [2.05, 4.69) is 10.6 Å². The summed E-state index contributed by atoms with van der Waals surface area (Å²) < 4.78 is 53.7. The number of benzene rings is 2. The Morgan fingerprint density at radius 3 is 1.09 bits per heavy atom. The van der Waals surface area contributed by atoms with Gasteiger partial charge in [0.2, 0.25) is 0 Å². The van der Waals surface area contributed by atoms with E-state index in [1.807, 2.05) is 0 Å². The van der Waals surface area contributed by atoms with Crippen LogP contribution < -0.4 is 10.6 Å². The molecule has 118 valence electrons. The van der Waals surface area contributed by atoms with Gasteiger partial charge in [-0.3, -0.25) is 0 Å². The first-order valence-corrected chi connectivity index (χ1v) is 6.71. The van der Waals surface area contributed by atoms with Crippen LogP contribution in [-0.4, -0.2) is 14.1 Å². The van der Waals surface area contributed by atoms with Gasteiger partial charge in [0.15, 0.2) is 0 Å². The molecule has 22 heavy (non-hydrogen) atoms. The Morgan fingerprint density at radius 2 is 0.864 bits per heavy atom. The SMILES string of the molecule is CN[C@H](c1cc(F)cc(F)c1)[C@H](NC)c1cc(F)cc(F)c1. The average Bonchev–Trinajstić information content (AvgIpc) is 2.42. The van der Waals surface area contributed by atoms with Crippen LogP contribution in [0.25, 0.3) is 0 Å². The molecule has 2 atom stereocenters. The van der Waals surface area contributed by atoms with Gasteiger partial charge in [-0.1, -0.05) is 0 Å². The molecule has 0 aromatic heterocycles. The molecular weight excluding hydrogens is 296 g/mol. The molecule has 2 N–H and O–H groups in total. The fraction of sp³-hybridized carbons (Fsp3) is 0.250. The van der Waals surface area contributed by atoms with Gasteiger partial charge in [0.1, 0.15) is 23.3 Å². The number of nitrogens with one attached hydrogen (secondary N) is 2. The molecular formula is C16H16F4N2. The Morgan fingerprint density at radius 1 is 0.591 bits per heavy atom. The van der Waals surface area contributed by atoms with Gasteiger partial charge < -0.3 is 10.6 Å². The van der Waals surface area contributed by atoms with Crippen LogP contribution in [0.3, 0.4) is 0 Å². The van der Waals surface area contributed by atoms with E-state index in [1.165, 1.54) is 24.3 Å². The highest BCUT2D eigenvalue weighted by atomic mass is 19.1. The highest BCUT2D eigenvalue weighted by Crippen LogP contribution is 2.30. The van der Waals surface area contributed by atoms with Crippen LogP contribution in [0, 0.1) is 23.3 Å². The molecule has 0 radical (unpaired) electrons. The highest BCUT2D eigenvalue weighted by Gasteiger charge is 2.24. The van der Waals surface area contributed by atoms with Crippen LogP contribution in [-0.2, 0) is 0 Å². The highest BCUT2D eigenvalue weighted by molar-refractivity contribution is 5.29. The zero-order valence-electron chi connectivity index (χ0n) is 12.1. The lowest BCUT2D eigenvalue weighted by atomic mass is 9.93. The lowest BCUT2D eigenvalue weighted by Gasteiger charge is -2.27. The molecule has 0 saturated carbocycles. The van der Waals surface area contributed by atoms with E-state index in [0.717, 1.165) is 12.1 Å². The van der Waals surface area contributed by atoms with Crippen LogP contribution in [0.2, 0.25) is 0 Å². The van der Waals surface area contributed by atoms with E-state index < -0.39 is 35.4 Å². The van der Waals surface area contributed by atoms with Crippen molar-refractivity contribution in [3.05, 3.63) is 70.8 Å². The first-order chi connectivity index (χ1) is 10.4. The van der Waals surface area contributed by atoms with Crippen molar-refractivity contribution in [3.8, 4) is 0 Å². The summed E-state index contributed by atoms with van der Waals surface area (Å²) >= 11 is 0. The smallest absolute Gasteiger partial charge is 0.126 e. The van der Waals surface area contributed by atoms with Gasteiger partial charge >= 0.3 is 0 Å². The second-order valence-electron chi connectivity index (χ2n) is 4.94. The third kappa shape index (κ3) is 3.64. The summed E-state index contributed by atoms with van der Waals surface area (Å²) in [6, 6.07) is 5.13. The summed E-state index contributed by atoms with van der Waals surface area (Å²) in [6.45, 7) is 0. The van der Waals surface area contributed by atoms with Gasteiger partial charge in [0, 0.05) is 12.1 Å². The van der Waals surface area contributed by atoms with Gasteiger partial charge in [-0.15, -0.1) is 0 Å². The number of rotatable bonds is 5. The number of hydrogen-bond acceptors (Lipinski definition) is 2. The van der Waals surface area contributed by atoms with Crippen LogP contribution in [0.15, 0.2) is 36.4 Å². The molecule has 0 amide bonds. The second kappa shape index (κ2) is 6.89. The Labute approximate surface area is 126 Å². The Hall–Kier alpha value is -1.92. The molecule has 0 heterocycles. The maximum absolute atomic E-state index is 13.4. The van der Waals surface area contributed by atoms with Crippen molar-refractivity contribution in [2.24, 2.45) is 0 Å². The maximum atomic E-state index is 13.4. The molecule has 2 nitrogen and oxygen atoms in total. The first kappa shape index (κ1) is 16.5. The predicted molar refractivity (Wildman–Crippen MR) is 76.3 cm³/mol. The molecule has 2 aromatic rings. The summed E-state index contributed by atoms with van der Waals surface area (Å²) in [4.78, 5) is 0. The van der Waals surface area contributed by atoms with E-state index in [-0.39, 0.29) is 0 Å². The summed E-state index contributed by atoms with van der Waals surface area (Å²) in [7, 11) is 3.21. The summed E-state index contributed by atoms with van der Waals surface area (Å²) in [6.07, 6.45) is 0. The number of likely N-dealkylation sites (N-methyl/N-ethyl adjacent to an activating group) is 2. The molecule has 2 aromatic carbocycles. The average molecular weight is 312 g/mol. The minimum atomic E-state index is -0.712. The predicted octanol–water partition coefficient (Wildman–Crippen LogP) is 3.46. The lowest BCUT2D eigenvalue weighted by Crippen LogP contribution is -2.32. The summed E-state index contributed by atoms with van der Waals surface area (Å²) in [5.74, 6) is -2.85. The van der Waals surface area contributed by atoms with E-state index in [1.54, 1.807) is 14.1 Å². The molecule has 0 spiro atoms. The van der Waals surface area contributed by atoms with E-state index in [4.69, 9.17) is 0 Å². The summed E-state index contributed by atoms with van der Waals surface area (Å²) in [5, 5.41) is 5.84. The largest absolute Gasteiger partial charge is 0.311 e. The molecule has 0 fully saturated rings. The fourth-order valence-electron chi connectivity index (χ4n) is 2.56. The quantitative estimate of drug-likeness (QED) is 0.826. The van der Waals surface area contributed by atoms with Crippen molar-refractivity contribution in [2.45, 2.75) is 12.1 Å². The van der Waals surface area contributed by atoms with Crippen LogP contribution >= 0.6 is 0 Å². The molecule has 2 rings (SSSR count). The molecule has 0 aliphatic heterocycles. The van der Waals surface area contributed by atoms with Crippen molar-refractivity contribution < 1.29 is 17.6 Å². The standard InChI is InChI=1S/C16H16F4N2/c1-21-15(9-3-11(17)7-12(18)4-9)16(22-2)10-5-13(19)8-14(20)6-10/h3-8,15-16,21-22H,1-2H3/t15-,16-/m1/s1. The first-order valence-electron chi connectivity index (χ1n) is 6.71. The van der Waals surface area contributed by atoms with Crippen molar-refractivity contribution >= 4 is 0 Å². The zero-order valence-corrected chi connectivity index (χ0v) is 12.1. The van der Waals surface area contributed by atoms with Crippen molar-refractivity contribution in [3.63, 3.8) is 0 Å². The minimum absolute atomic E-state index is 0.337. The topological polar surface area (TPSA) is 24.1 Å². The second-order valence-corrected chi connectivity index (χ2v) is 4.94. The van der Waals surface area contributed by atoms with E-state index in [9.17, 15) is 17.6 Å². The number of halogens is 4. The van der Waals surface area contributed by atoms with Crippen LogP contribution in [0.4, 0.5) is 17.6 Å². The zero-order chi connectivity index (χ0) is 16.3. The Balaban J connectivity index is 2.46. The lowest BCUT2D eigenvalue weighted by molar-refractivity contribution is 0.423. The van der Waals surface area contributed by atoms with Gasteiger partial charge in [-0.25, -0.2) is 17.6 Å². The third-order valence-corrected chi connectivity index (χ3v) is 3.44. The maximum Gasteiger partial charge on any atom is 0.126 e. The number of hydrogen-bond donors (Lipinski definition) is 2.